The molecule has 0 radical (unpaired) electrons. The summed E-state index contributed by atoms with van der Waals surface area (Å²) >= 11 is 8.39. The van der Waals surface area contributed by atoms with E-state index in [1.165, 1.54) is 23.3 Å². The Morgan fingerprint density at radius 2 is 2.44 bits per heavy atom. The molecule has 92 valence electrons. The Bertz CT molecular complexity index is 334. The summed E-state index contributed by atoms with van der Waals surface area (Å²) in [6.45, 7) is 1.14. The van der Waals surface area contributed by atoms with Crippen molar-refractivity contribution in [3.05, 3.63) is 10.0 Å². The van der Waals surface area contributed by atoms with E-state index in [0.717, 1.165) is 5.69 Å². The van der Waals surface area contributed by atoms with Crippen molar-refractivity contribution in [2.45, 2.75) is 5.75 Å². The van der Waals surface area contributed by atoms with E-state index in [9.17, 15) is 0 Å². The number of ether oxygens (including phenoxy) is 1. The van der Waals surface area contributed by atoms with Gasteiger partial charge >= 0.3 is 0 Å². The summed E-state index contributed by atoms with van der Waals surface area (Å²) in [5.41, 5.74) is 6.40. The maximum absolute atomic E-state index is 5.83. The summed E-state index contributed by atoms with van der Waals surface area (Å²) in [6, 6.07) is 0. The molecule has 0 saturated carbocycles. The minimum absolute atomic E-state index is 0. The molecule has 0 amide bonds. The first-order valence-electron chi connectivity index (χ1n) is 4.12. The van der Waals surface area contributed by atoms with E-state index in [1.54, 1.807) is 7.11 Å². The van der Waals surface area contributed by atoms with Crippen LogP contribution in [0.15, 0.2) is 4.99 Å². The average Bonchev–Trinajstić information content (AvgIpc) is 2.61. The fourth-order valence-electron chi connectivity index (χ4n) is 0.718. The first-order chi connectivity index (χ1) is 7.24. The van der Waals surface area contributed by atoms with Crippen LogP contribution in [0.1, 0.15) is 5.69 Å². The van der Waals surface area contributed by atoms with Crippen molar-refractivity contribution in [1.29, 1.82) is 0 Å². The quantitative estimate of drug-likeness (QED) is 0.510. The molecule has 0 unspecified atom stereocenters. The predicted molar refractivity (Wildman–Crippen MR) is 71.8 cm³/mol. The average molecular weight is 303 g/mol. The minimum atomic E-state index is 0. The number of hydrogen-bond acceptors (Lipinski definition) is 6. The van der Waals surface area contributed by atoms with Gasteiger partial charge in [0.1, 0.15) is 10.0 Å². The third kappa shape index (κ3) is 5.86. The summed E-state index contributed by atoms with van der Waals surface area (Å²) in [6.07, 6.45) is 0. The van der Waals surface area contributed by atoms with Gasteiger partial charge < -0.3 is 10.5 Å². The molecule has 1 aromatic rings. The Labute approximate surface area is 113 Å². The van der Waals surface area contributed by atoms with Crippen LogP contribution in [0.5, 0.6) is 0 Å². The summed E-state index contributed by atoms with van der Waals surface area (Å²) in [5.74, 6) is 0.595. The van der Waals surface area contributed by atoms with Crippen LogP contribution in [0, 0.1) is 0 Å². The van der Waals surface area contributed by atoms with Gasteiger partial charge in [0, 0.05) is 24.4 Å². The second-order valence-electron chi connectivity index (χ2n) is 2.49. The highest BCUT2D eigenvalue weighted by Crippen LogP contribution is 2.21. The number of rotatable bonds is 5. The standard InChI is InChI=1S/C7H11ClN4OS2.ClH/c1-13-3-2-10-7(9)14-4-5-6(8)15-12-11-5;/h2-4H2,1H3,(H2,9,10);1H. The van der Waals surface area contributed by atoms with Crippen molar-refractivity contribution >= 4 is 52.5 Å². The van der Waals surface area contributed by atoms with Crippen LogP contribution in [0.2, 0.25) is 4.34 Å². The third-order valence-corrected chi connectivity index (χ3v) is 3.26. The molecule has 0 aliphatic carbocycles. The van der Waals surface area contributed by atoms with Crippen molar-refractivity contribution in [3.63, 3.8) is 0 Å². The highest BCUT2D eigenvalue weighted by atomic mass is 35.5. The van der Waals surface area contributed by atoms with E-state index in [2.05, 4.69) is 14.6 Å². The van der Waals surface area contributed by atoms with Gasteiger partial charge in [-0.05, 0) is 0 Å². The van der Waals surface area contributed by atoms with Gasteiger partial charge in [0.15, 0.2) is 5.17 Å². The van der Waals surface area contributed by atoms with Crippen molar-refractivity contribution in [1.82, 2.24) is 9.59 Å². The molecule has 16 heavy (non-hydrogen) atoms. The first kappa shape index (κ1) is 15.9. The maximum atomic E-state index is 5.83. The van der Waals surface area contributed by atoms with Gasteiger partial charge in [0.25, 0.3) is 0 Å². The van der Waals surface area contributed by atoms with Crippen LogP contribution in [0.25, 0.3) is 0 Å². The van der Waals surface area contributed by atoms with Crippen molar-refractivity contribution in [2.75, 3.05) is 20.3 Å². The maximum Gasteiger partial charge on any atom is 0.154 e. The Morgan fingerprint density at radius 3 is 3.00 bits per heavy atom. The molecule has 5 nitrogen and oxygen atoms in total. The number of hydrogen-bond donors (Lipinski definition) is 1. The fraction of sp³-hybridized carbons (Fsp3) is 0.571. The lowest BCUT2D eigenvalue weighted by Gasteiger charge is -1.98. The smallest absolute Gasteiger partial charge is 0.154 e. The molecule has 2 N–H and O–H groups in total. The van der Waals surface area contributed by atoms with E-state index < -0.39 is 0 Å². The lowest BCUT2D eigenvalue weighted by atomic mass is 10.6. The molecule has 0 fully saturated rings. The zero-order chi connectivity index (χ0) is 11.1. The summed E-state index contributed by atoms with van der Waals surface area (Å²) in [4.78, 5) is 4.09. The van der Waals surface area contributed by atoms with Crippen LogP contribution >= 0.6 is 47.3 Å². The molecular formula is C7H12Cl2N4OS2. The fourth-order valence-corrected chi connectivity index (χ4v) is 2.18. The van der Waals surface area contributed by atoms with Gasteiger partial charge in [-0.1, -0.05) is 27.9 Å². The lowest BCUT2D eigenvalue weighted by molar-refractivity contribution is 0.208. The zero-order valence-corrected chi connectivity index (χ0v) is 11.8. The Hall–Kier alpha value is -0.0800. The zero-order valence-electron chi connectivity index (χ0n) is 8.55. The van der Waals surface area contributed by atoms with Crippen LogP contribution < -0.4 is 5.73 Å². The summed E-state index contributed by atoms with van der Waals surface area (Å²) in [5, 5.41) is 4.37. The molecule has 0 atom stereocenters. The monoisotopic (exact) mass is 302 g/mol. The predicted octanol–water partition coefficient (Wildman–Crippen LogP) is 1.81. The van der Waals surface area contributed by atoms with Crippen LogP contribution in [0.3, 0.4) is 0 Å². The van der Waals surface area contributed by atoms with Crippen LogP contribution in [0.4, 0.5) is 0 Å². The number of aliphatic imine (C=N–C) groups is 1. The largest absolute Gasteiger partial charge is 0.383 e. The molecule has 0 spiro atoms. The number of amidine groups is 1. The molecule has 0 aromatic carbocycles. The molecule has 0 aliphatic rings. The highest BCUT2D eigenvalue weighted by molar-refractivity contribution is 8.13. The van der Waals surface area contributed by atoms with Gasteiger partial charge in [0.2, 0.25) is 0 Å². The molecule has 0 aliphatic heterocycles. The third-order valence-electron chi connectivity index (χ3n) is 1.43. The lowest BCUT2D eigenvalue weighted by Crippen LogP contribution is -2.09. The van der Waals surface area contributed by atoms with Gasteiger partial charge in [-0.2, -0.15) is 0 Å². The second-order valence-corrected chi connectivity index (χ2v) is 4.85. The van der Waals surface area contributed by atoms with Crippen LogP contribution in [-0.4, -0.2) is 35.0 Å². The van der Waals surface area contributed by atoms with Crippen molar-refractivity contribution in [3.8, 4) is 0 Å². The minimum Gasteiger partial charge on any atom is -0.383 e. The molecule has 1 aromatic heterocycles. The van der Waals surface area contributed by atoms with E-state index in [1.807, 2.05) is 0 Å². The summed E-state index contributed by atoms with van der Waals surface area (Å²) < 4.78 is 9.17. The van der Waals surface area contributed by atoms with E-state index in [0.29, 0.717) is 28.4 Å². The summed E-state index contributed by atoms with van der Waals surface area (Å²) in [7, 11) is 1.62. The molecule has 0 saturated heterocycles. The number of halogens is 2. The first-order valence-corrected chi connectivity index (χ1v) is 6.26. The van der Waals surface area contributed by atoms with Gasteiger partial charge in [-0.3, -0.25) is 4.99 Å². The van der Waals surface area contributed by atoms with Crippen LogP contribution in [-0.2, 0) is 10.5 Å². The number of aromatic nitrogens is 2. The van der Waals surface area contributed by atoms with Crippen molar-refractivity contribution < 1.29 is 4.74 Å². The number of nitrogens with zero attached hydrogens (tertiary/aromatic N) is 3. The van der Waals surface area contributed by atoms with Gasteiger partial charge in [0.05, 0.1) is 13.2 Å². The second kappa shape index (κ2) is 9.00. The molecule has 1 heterocycles. The SMILES string of the molecule is COCCN=C(N)SCc1nnsc1Cl.Cl. The topological polar surface area (TPSA) is 73.4 Å². The van der Waals surface area contributed by atoms with E-state index in [-0.39, 0.29) is 12.4 Å². The van der Waals surface area contributed by atoms with E-state index >= 15 is 0 Å². The Kier molecular flexibility index (Phi) is 8.96. The van der Waals surface area contributed by atoms with Gasteiger partial charge in [-0.25, -0.2) is 0 Å². The van der Waals surface area contributed by atoms with E-state index in [4.69, 9.17) is 22.1 Å². The molecule has 0 bridgehead atoms. The number of methoxy groups -OCH3 is 1. The van der Waals surface area contributed by atoms with Gasteiger partial charge in [-0.15, -0.1) is 17.5 Å². The Morgan fingerprint density at radius 1 is 1.69 bits per heavy atom. The molecule has 1 rings (SSSR count). The molecular weight excluding hydrogens is 291 g/mol. The highest BCUT2D eigenvalue weighted by Gasteiger charge is 2.05. The number of nitrogens with two attached hydrogens (primary N) is 1. The molecule has 9 heteroatoms. The van der Waals surface area contributed by atoms with Crippen molar-refractivity contribution in [2.24, 2.45) is 10.7 Å². The normalized spacial score (nSPS) is 11.2. The Balaban J connectivity index is 0.00000225. The number of thioether (sulfide) groups is 1.